The molecule has 0 heterocycles. The Balaban J connectivity index is 3.10. The third kappa shape index (κ3) is 2.10. The predicted molar refractivity (Wildman–Crippen MR) is 54.6 cm³/mol. The third-order valence-electron chi connectivity index (χ3n) is 2.30. The van der Waals surface area contributed by atoms with Crippen LogP contribution in [0.25, 0.3) is 0 Å². The van der Waals surface area contributed by atoms with E-state index in [4.69, 9.17) is 4.74 Å². The highest BCUT2D eigenvalue weighted by Gasteiger charge is 2.12. The first-order chi connectivity index (χ1) is 6.20. The first-order valence-corrected chi connectivity index (χ1v) is 4.47. The lowest BCUT2D eigenvalue weighted by molar-refractivity contribution is 0.129. The van der Waals surface area contributed by atoms with Gasteiger partial charge in [0.25, 0.3) is 0 Å². The molecule has 0 amide bonds. The van der Waals surface area contributed by atoms with Crippen LogP contribution in [-0.4, -0.2) is 7.11 Å². The third-order valence-corrected chi connectivity index (χ3v) is 2.30. The molecule has 1 aromatic rings. The van der Waals surface area contributed by atoms with Crippen molar-refractivity contribution in [2.75, 3.05) is 7.11 Å². The summed E-state index contributed by atoms with van der Waals surface area (Å²) in [6, 6.07) is 6.27. The zero-order chi connectivity index (χ0) is 9.84. The van der Waals surface area contributed by atoms with E-state index in [9.17, 15) is 0 Å². The average Bonchev–Trinajstić information content (AvgIpc) is 2.11. The van der Waals surface area contributed by atoms with Crippen LogP contribution in [0.1, 0.15) is 29.7 Å². The maximum absolute atomic E-state index is 5.34. The Hall–Kier alpha value is -0.820. The Bertz CT molecular complexity index is 254. The summed E-state index contributed by atoms with van der Waals surface area (Å²) in [5, 5.41) is 0. The molecule has 0 aromatic heterocycles. The molecule has 1 unspecified atom stereocenters. The lowest BCUT2D eigenvalue weighted by Gasteiger charge is -2.17. The van der Waals surface area contributed by atoms with Crippen molar-refractivity contribution in [3.63, 3.8) is 0 Å². The number of methoxy groups -OCH3 is 1. The summed E-state index contributed by atoms with van der Waals surface area (Å²) in [5.41, 5.74) is 3.77. The van der Waals surface area contributed by atoms with Crippen LogP contribution in [0.4, 0.5) is 0 Å². The molecular formula is C12H16O. The van der Waals surface area contributed by atoms with Gasteiger partial charge in [0, 0.05) is 13.5 Å². The number of hydrogen-bond acceptors (Lipinski definition) is 1. The summed E-state index contributed by atoms with van der Waals surface area (Å²) in [5.74, 6) is 0. The van der Waals surface area contributed by atoms with Crippen LogP contribution in [0.5, 0.6) is 0 Å². The Labute approximate surface area is 80.7 Å². The molecule has 0 N–H and O–H groups in total. The van der Waals surface area contributed by atoms with Gasteiger partial charge in [0.2, 0.25) is 0 Å². The Morgan fingerprint density at radius 3 is 2.15 bits per heavy atom. The molecule has 1 heteroatoms. The normalized spacial score (nSPS) is 12.9. The van der Waals surface area contributed by atoms with E-state index in [-0.39, 0.29) is 6.10 Å². The van der Waals surface area contributed by atoms with Crippen molar-refractivity contribution < 1.29 is 4.74 Å². The SMILES string of the molecule is C[C]C(OC)c1c(C)cccc1C. The van der Waals surface area contributed by atoms with Gasteiger partial charge in [-0.3, -0.25) is 0 Å². The van der Waals surface area contributed by atoms with E-state index in [1.165, 1.54) is 16.7 Å². The lowest BCUT2D eigenvalue weighted by atomic mass is 9.96. The zero-order valence-corrected chi connectivity index (χ0v) is 8.72. The minimum atomic E-state index is 0.00111. The molecular weight excluding hydrogens is 160 g/mol. The molecule has 1 aromatic carbocycles. The highest BCUT2D eigenvalue weighted by atomic mass is 16.5. The summed E-state index contributed by atoms with van der Waals surface area (Å²) < 4.78 is 5.34. The summed E-state index contributed by atoms with van der Waals surface area (Å²) in [7, 11) is 1.72. The zero-order valence-electron chi connectivity index (χ0n) is 8.72. The van der Waals surface area contributed by atoms with Crippen LogP contribution < -0.4 is 0 Å². The fourth-order valence-electron chi connectivity index (χ4n) is 1.62. The van der Waals surface area contributed by atoms with Gasteiger partial charge in [0.05, 0.1) is 6.10 Å². The van der Waals surface area contributed by atoms with E-state index < -0.39 is 0 Å². The van der Waals surface area contributed by atoms with Crippen molar-refractivity contribution in [3.8, 4) is 0 Å². The van der Waals surface area contributed by atoms with Crippen LogP contribution in [0.2, 0.25) is 0 Å². The minimum Gasteiger partial charge on any atom is -0.376 e. The molecule has 0 bridgehead atoms. The second-order valence-corrected chi connectivity index (χ2v) is 3.21. The average molecular weight is 176 g/mol. The van der Waals surface area contributed by atoms with Crippen LogP contribution in [-0.2, 0) is 4.74 Å². The molecule has 0 saturated heterocycles. The van der Waals surface area contributed by atoms with Crippen molar-refractivity contribution in [1.29, 1.82) is 0 Å². The Morgan fingerprint density at radius 1 is 1.23 bits per heavy atom. The van der Waals surface area contributed by atoms with Crippen molar-refractivity contribution in [3.05, 3.63) is 41.3 Å². The monoisotopic (exact) mass is 176 g/mol. The Kier molecular flexibility index (Phi) is 3.49. The number of ether oxygens (including phenoxy) is 1. The molecule has 2 radical (unpaired) electrons. The maximum Gasteiger partial charge on any atom is 0.0892 e. The van der Waals surface area contributed by atoms with E-state index in [2.05, 4.69) is 38.5 Å². The van der Waals surface area contributed by atoms with E-state index in [0.29, 0.717) is 0 Å². The molecule has 13 heavy (non-hydrogen) atoms. The summed E-state index contributed by atoms with van der Waals surface area (Å²) in [6.45, 7) is 6.11. The highest BCUT2D eigenvalue weighted by molar-refractivity contribution is 5.36. The fourth-order valence-corrected chi connectivity index (χ4v) is 1.62. The molecule has 0 fully saturated rings. The maximum atomic E-state index is 5.34. The minimum absolute atomic E-state index is 0.00111. The molecule has 0 spiro atoms. The van der Waals surface area contributed by atoms with Crippen molar-refractivity contribution in [2.24, 2.45) is 0 Å². The van der Waals surface area contributed by atoms with Crippen LogP contribution in [0, 0.1) is 20.3 Å². The fraction of sp³-hybridized carbons (Fsp3) is 0.417. The summed E-state index contributed by atoms with van der Waals surface area (Å²) in [6.07, 6.45) is 3.13. The van der Waals surface area contributed by atoms with Gasteiger partial charge in [-0.05, 0) is 30.5 Å². The lowest BCUT2D eigenvalue weighted by Crippen LogP contribution is -2.04. The van der Waals surface area contributed by atoms with Gasteiger partial charge in [0.15, 0.2) is 0 Å². The van der Waals surface area contributed by atoms with Gasteiger partial charge in [0.1, 0.15) is 0 Å². The van der Waals surface area contributed by atoms with Gasteiger partial charge < -0.3 is 4.74 Å². The second kappa shape index (κ2) is 4.43. The van der Waals surface area contributed by atoms with Gasteiger partial charge in [-0.25, -0.2) is 0 Å². The second-order valence-electron chi connectivity index (χ2n) is 3.21. The van der Waals surface area contributed by atoms with Crippen molar-refractivity contribution in [2.45, 2.75) is 26.9 Å². The number of benzene rings is 1. The molecule has 0 aliphatic rings. The van der Waals surface area contributed by atoms with Crippen molar-refractivity contribution in [1.82, 2.24) is 0 Å². The summed E-state index contributed by atoms with van der Waals surface area (Å²) >= 11 is 0. The van der Waals surface area contributed by atoms with E-state index >= 15 is 0 Å². The molecule has 1 nitrogen and oxygen atoms in total. The number of hydrogen-bond donors (Lipinski definition) is 0. The van der Waals surface area contributed by atoms with Crippen molar-refractivity contribution >= 4 is 0 Å². The largest absolute Gasteiger partial charge is 0.376 e. The first-order valence-electron chi connectivity index (χ1n) is 4.47. The van der Waals surface area contributed by atoms with Crippen LogP contribution >= 0.6 is 0 Å². The molecule has 1 rings (SSSR count). The topological polar surface area (TPSA) is 9.23 Å². The van der Waals surface area contributed by atoms with Gasteiger partial charge >= 0.3 is 0 Å². The number of aryl methyl sites for hydroxylation is 2. The summed E-state index contributed by atoms with van der Waals surface area (Å²) in [4.78, 5) is 0. The smallest absolute Gasteiger partial charge is 0.0892 e. The Morgan fingerprint density at radius 2 is 1.77 bits per heavy atom. The van der Waals surface area contributed by atoms with Gasteiger partial charge in [-0.1, -0.05) is 25.1 Å². The van der Waals surface area contributed by atoms with E-state index in [0.717, 1.165) is 0 Å². The number of rotatable bonds is 3. The first kappa shape index (κ1) is 10.3. The molecule has 0 aliphatic heterocycles. The predicted octanol–water partition coefficient (Wildman–Crippen LogP) is 3.09. The molecule has 0 aliphatic carbocycles. The highest BCUT2D eigenvalue weighted by Crippen LogP contribution is 2.25. The van der Waals surface area contributed by atoms with E-state index in [1.54, 1.807) is 7.11 Å². The van der Waals surface area contributed by atoms with Crippen LogP contribution in [0.15, 0.2) is 18.2 Å². The molecule has 70 valence electrons. The molecule has 0 saturated carbocycles. The quantitative estimate of drug-likeness (QED) is 0.687. The van der Waals surface area contributed by atoms with E-state index in [1.807, 2.05) is 6.92 Å². The van der Waals surface area contributed by atoms with Gasteiger partial charge in [-0.2, -0.15) is 0 Å². The van der Waals surface area contributed by atoms with Gasteiger partial charge in [-0.15, -0.1) is 0 Å². The molecule has 1 atom stereocenters. The van der Waals surface area contributed by atoms with Crippen LogP contribution in [0.3, 0.4) is 0 Å². The standard InChI is InChI=1S/C12H16O/c1-5-11(13-4)12-9(2)7-6-8-10(12)3/h6-8,11H,1-4H3.